The fraction of sp³-hybridized carbons (Fsp3) is 0.267. The summed E-state index contributed by atoms with van der Waals surface area (Å²) < 4.78 is 26.1. The van der Waals surface area contributed by atoms with Crippen LogP contribution in [-0.4, -0.2) is 33.2 Å². The van der Waals surface area contributed by atoms with Gasteiger partial charge in [0, 0.05) is 5.56 Å². The van der Waals surface area contributed by atoms with Crippen molar-refractivity contribution in [2.24, 2.45) is 0 Å². The number of nitrogen functional groups attached to an aromatic ring is 1. The minimum Gasteiger partial charge on any atom is -0.497 e. The van der Waals surface area contributed by atoms with Crippen LogP contribution in [0.5, 0.6) is 11.8 Å². The monoisotopic (exact) mass is 317 g/mol. The van der Waals surface area contributed by atoms with Crippen LogP contribution in [0.3, 0.4) is 0 Å². The molecule has 0 spiro atoms. The van der Waals surface area contributed by atoms with Crippen molar-refractivity contribution < 1.29 is 13.9 Å². The number of benzene rings is 1. The van der Waals surface area contributed by atoms with Gasteiger partial charge in [0.25, 0.3) is 0 Å². The van der Waals surface area contributed by atoms with Gasteiger partial charge in [-0.2, -0.15) is 9.97 Å². The average Bonchev–Trinajstić information content (AvgIpc) is 2.93. The van der Waals surface area contributed by atoms with E-state index in [1.165, 1.54) is 13.2 Å². The first-order valence-corrected chi connectivity index (χ1v) is 7.06. The lowest BCUT2D eigenvalue weighted by Crippen LogP contribution is -2.05. The molecule has 0 bridgehead atoms. The fourth-order valence-corrected chi connectivity index (χ4v) is 2.24. The molecule has 2 aromatic heterocycles. The van der Waals surface area contributed by atoms with Gasteiger partial charge in [-0.1, -0.05) is 0 Å². The van der Waals surface area contributed by atoms with Gasteiger partial charge in [-0.05, 0) is 25.1 Å². The van der Waals surface area contributed by atoms with Crippen LogP contribution in [0.15, 0.2) is 24.5 Å². The summed E-state index contributed by atoms with van der Waals surface area (Å²) in [6.07, 6.45) is 1.55. The van der Waals surface area contributed by atoms with Crippen LogP contribution in [0.25, 0.3) is 11.2 Å². The molecule has 0 radical (unpaired) electrons. The van der Waals surface area contributed by atoms with Crippen molar-refractivity contribution in [3.63, 3.8) is 0 Å². The van der Waals surface area contributed by atoms with Crippen LogP contribution < -0.4 is 15.2 Å². The second-order valence-electron chi connectivity index (χ2n) is 4.83. The predicted molar refractivity (Wildman–Crippen MR) is 83.0 cm³/mol. The summed E-state index contributed by atoms with van der Waals surface area (Å²) in [6, 6.07) is 4.74. The van der Waals surface area contributed by atoms with E-state index in [4.69, 9.17) is 15.2 Å². The molecule has 2 heterocycles. The van der Waals surface area contributed by atoms with Gasteiger partial charge >= 0.3 is 6.01 Å². The highest BCUT2D eigenvalue weighted by molar-refractivity contribution is 5.81. The largest absolute Gasteiger partial charge is 0.497 e. The maximum absolute atomic E-state index is 14.0. The van der Waals surface area contributed by atoms with Crippen molar-refractivity contribution in [2.45, 2.75) is 13.5 Å². The molecule has 0 unspecified atom stereocenters. The molecule has 0 aliphatic heterocycles. The maximum Gasteiger partial charge on any atom is 0.320 e. The molecule has 7 nitrogen and oxygen atoms in total. The number of fused-ring (bicyclic) bond motifs is 1. The van der Waals surface area contributed by atoms with Crippen molar-refractivity contribution in [1.82, 2.24) is 19.5 Å². The molecule has 0 atom stereocenters. The molecule has 23 heavy (non-hydrogen) atoms. The van der Waals surface area contributed by atoms with E-state index in [0.717, 1.165) is 0 Å². The van der Waals surface area contributed by atoms with Crippen molar-refractivity contribution in [3.05, 3.63) is 35.9 Å². The van der Waals surface area contributed by atoms with E-state index in [2.05, 4.69) is 15.0 Å². The Morgan fingerprint density at radius 1 is 1.30 bits per heavy atom. The second kappa shape index (κ2) is 6.07. The maximum atomic E-state index is 14.0. The summed E-state index contributed by atoms with van der Waals surface area (Å²) >= 11 is 0. The summed E-state index contributed by atoms with van der Waals surface area (Å²) in [5, 5.41) is 0. The van der Waals surface area contributed by atoms with Gasteiger partial charge in [0.1, 0.15) is 11.6 Å². The average molecular weight is 317 g/mol. The molecular weight excluding hydrogens is 301 g/mol. The van der Waals surface area contributed by atoms with Crippen LogP contribution >= 0.6 is 0 Å². The van der Waals surface area contributed by atoms with Crippen molar-refractivity contribution >= 4 is 17.0 Å². The minimum atomic E-state index is -0.334. The SMILES string of the molecule is CCOc1nc(N)c2ncn(Cc3cc(OC)ccc3F)c2n1. The Labute approximate surface area is 131 Å². The second-order valence-corrected chi connectivity index (χ2v) is 4.83. The number of ether oxygens (including phenoxy) is 2. The molecule has 0 saturated carbocycles. The fourth-order valence-electron chi connectivity index (χ4n) is 2.24. The molecule has 0 amide bonds. The van der Waals surface area contributed by atoms with E-state index >= 15 is 0 Å². The van der Waals surface area contributed by atoms with E-state index in [9.17, 15) is 4.39 Å². The number of rotatable bonds is 5. The Balaban J connectivity index is 2.03. The summed E-state index contributed by atoms with van der Waals surface area (Å²) in [6.45, 7) is 2.48. The number of nitrogens with zero attached hydrogens (tertiary/aromatic N) is 4. The van der Waals surface area contributed by atoms with Crippen molar-refractivity contribution in [2.75, 3.05) is 19.5 Å². The summed E-state index contributed by atoms with van der Waals surface area (Å²) in [7, 11) is 1.53. The first-order valence-electron chi connectivity index (χ1n) is 7.06. The van der Waals surface area contributed by atoms with Gasteiger partial charge in [-0.15, -0.1) is 0 Å². The third kappa shape index (κ3) is 2.87. The van der Waals surface area contributed by atoms with E-state index in [1.807, 2.05) is 6.92 Å². The lowest BCUT2D eigenvalue weighted by molar-refractivity contribution is 0.314. The standard InChI is InChI=1S/C15H16FN5O2/c1-3-23-15-19-13(17)12-14(20-15)21(8-18-12)7-9-6-10(22-2)4-5-11(9)16/h4-6,8H,3,7H2,1-2H3,(H2,17,19,20). The van der Waals surface area contributed by atoms with E-state index in [0.29, 0.717) is 29.1 Å². The third-order valence-corrected chi connectivity index (χ3v) is 3.34. The molecule has 2 N–H and O–H groups in total. The zero-order valence-electron chi connectivity index (χ0n) is 12.8. The summed E-state index contributed by atoms with van der Waals surface area (Å²) in [4.78, 5) is 12.5. The lowest BCUT2D eigenvalue weighted by Gasteiger charge is -2.08. The topological polar surface area (TPSA) is 88.1 Å². The molecular formula is C15H16FN5O2. The molecule has 0 aliphatic carbocycles. The molecule has 1 aromatic carbocycles. The van der Waals surface area contributed by atoms with Gasteiger partial charge < -0.3 is 19.8 Å². The smallest absolute Gasteiger partial charge is 0.320 e. The Morgan fingerprint density at radius 2 is 2.13 bits per heavy atom. The van der Waals surface area contributed by atoms with Gasteiger partial charge in [0.05, 0.1) is 26.6 Å². The number of halogens is 1. The summed E-state index contributed by atoms with van der Waals surface area (Å²) in [5.41, 5.74) is 7.27. The molecule has 3 rings (SSSR count). The Morgan fingerprint density at radius 3 is 2.87 bits per heavy atom. The molecule has 0 fully saturated rings. The Kier molecular flexibility index (Phi) is 3.96. The number of hydrogen-bond donors (Lipinski definition) is 1. The van der Waals surface area contributed by atoms with E-state index < -0.39 is 0 Å². The Hall–Kier alpha value is -2.90. The number of hydrogen-bond acceptors (Lipinski definition) is 6. The molecule has 3 aromatic rings. The van der Waals surface area contributed by atoms with E-state index in [1.54, 1.807) is 23.0 Å². The lowest BCUT2D eigenvalue weighted by atomic mass is 10.2. The quantitative estimate of drug-likeness (QED) is 0.774. The van der Waals surface area contributed by atoms with Gasteiger partial charge in [-0.3, -0.25) is 0 Å². The van der Waals surface area contributed by atoms with E-state index in [-0.39, 0.29) is 24.2 Å². The third-order valence-electron chi connectivity index (χ3n) is 3.34. The predicted octanol–water partition coefficient (Wildman–Crippen LogP) is 2.00. The molecule has 8 heteroatoms. The first-order chi connectivity index (χ1) is 11.1. The highest BCUT2D eigenvalue weighted by Crippen LogP contribution is 2.22. The van der Waals surface area contributed by atoms with Crippen LogP contribution in [0.2, 0.25) is 0 Å². The number of methoxy groups -OCH3 is 1. The van der Waals surface area contributed by atoms with Crippen LogP contribution in [0.4, 0.5) is 10.2 Å². The first kappa shape index (κ1) is 15.0. The minimum absolute atomic E-state index is 0.172. The Bertz CT molecular complexity index is 849. The van der Waals surface area contributed by atoms with Gasteiger partial charge in [0.15, 0.2) is 17.0 Å². The van der Waals surface area contributed by atoms with Crippen molar-refractivity contribution in [1.29, 1.82) is 0 Å². The number of aromatic nitrogens is 4. The zero-order chi connectivity index (χ0) is 16.4. The number of imidazole rings is 1. The van der Waals surface area contributed by atoms with Crippen LogP contribution in [-0.2, 0) is 6.54 Å². The number of anilines is 1. The highest BCUT2D eigenvalue weighted by Gasteiger charge is 2.14. The highest BCUT2D eigenvalue weighted by atomic mass is 19.1. The summed E-state index contributed by atoms with van der Waals surface area (Å²) in [5.74, 6) is 0.470. The van der Waals surface area contributed by atoms with Gasteiger partial charge in [0.2, 0.25) is 0 Å². The van der Waals surface area contributed by atoms with Gasteiger partial charge in [-0.25, -0.2) is 9.37 Å². The zero-order valence-corrected chi connectivity index (χ0v) is 12.8. The molecule has 0 aliphatic rings. The van der Waals surface area contributed by atoms with Crippen molar-refractivity contribution in [3.8, 4) is 11.8 Å². The normalized spacial score (nSPS) is 10.9. The number of nitrogens with two attached hydrogens (primary N) is 1. The van der Waals surface area contributed by atoms with Crippen LogP contribution in [0.1, 0.15) is 12.5 Å². The molecule has 120 valence electrons. The van der Waals surface area contributed by atoms with Crippen LogP contribution in [0, 0.1) is 5.82 Å². The molecule has 0 saturated heterocycles.